The average molecular weight is 293 g/mol. The molecule has 6 heteroatoms. The third-order valence-electron chi connectivity index (χ3n) is 3.52. The van der Waals surface area contributed by atoms with Gasteiger partial charge < -0.3 is 4.98 Å². The maximum Gasteiger partial charge on any atom is 0.256 e. The maximum absolute atomic E-state index is 11.9. The standard InChI is InChI=1S/C13H15N3OS2/c1-8-3-5-19-11(8)7-16-4-2-10-9(6-16)12(17)15-13(18)14-10/h3,5H,2,4,6-7H2,1H3,(H2,14,15,17,18). The lowest BCUT2D eigenvalue weighted by molar-refractivity contribution is 0.243. The van der Waals surface area contributed by atoms with Crippen molar-refractivity contribution >= 4 is 23.6 Å². The average Bonchev–Trinajstić information content (AvgIpc) is 2.76. The van der Waals surface area contributed by atoms with Gasteiger partial charge in [-0.1, -0.05) is 0 Å². The van der Waals surface area contributed by atoms with Crippen LogP contribution < -0.4 is 5.56 Å². The van der Waals surface area contributed by atoms with Gasteiger partial charge in [-0.15, -0.1) is 11.3 Å². The summed E-state index contributed by atoms with van der Waals surface area (Å²) in [7, 11) is 0. The molecule has 2 N–H and O–H groups in total. The highest BCUT2D eigenvalue weighted by Gasteiger charge is 2.20. The number of aryl methyl sites for hydroxylation is 1. The van der Waals surface area contributed by atoms with Crippen LogP contribution in [0.2, 0.25) is 0 Å². The first kappa shape index (κ1) is 12.8. The summed E-state index contributed by atoms with van der Waals surface area (Å²) in [5.74, 6) is 0. The topological polar surface area (TPSA) is 51.9 Å². The van der Waals surface area contributed by atoms with E-state index in [9.17, 15) is 4.79 Å². The molecule has 100 valence electrons. The van der Waals surface area contributed by atoms with Crippen LogP contribution in [0.3, 0.4) is 0 Å². The fraction of sp³-hybridized carbons (Fsp3) is 0.385. The lowest BCUT2D eigenvalue weighted by atomic mass is 10.1. The molecule has 0 radical (unpaired) electrons. The monoisotopic (exact) mass is 293 g/mol. The van der Waals surface area contributed by atoms with Gasteiger partial charge in [-0.3, -0.25) is 14.7 Å². The fourth-order valence-corrected chi connectivity index (χ4v) is 3.58. The van der Waals surface area contributed by atoms with E-state index in [1.54, 1.807) is 11.3 Å². The Kier molecular flexibility index (Phi) is 3.38. The molecule has 0 bridgehead atoms. The van der Waals surface area contributed by atoms with Crippen LogP contribution in [0.1, 0.15) is 21.7 Å². The summed E-state index contributed by atoms with van der Waals surface area (Å²) in [5.41, 5.74) is 3.10. The molecule has 0 spiro atoms. The van der Waals surface area contributed by atoms with E-state index in [1.165, 1.54) is 10.4 Å². The highest BCUT2D eigenvalue weighted by molar-refractivity contribution is 7.71. The van der Waals surface area contributed by atoms with Crippen molar-refractivity contribution in [2.75, 3.05) is 6.54 Å². The minimum atomic E-state index is -0.0497. The second-order valence-electron chi connectivity index (χ2n) is 4.85. The number of aromatic amines is 2. The van der Waals surface area contributed by atoms with Gasteiger partial charge in [0.2, 0.25) is 0 Å². The van der Waals surface area contributed by atoms with E-state index in [-0.39, 0.29) is 5.56 Å². The minimum Gasteiger partial charge on any atom is -0.335 e. The Morgan fingerprint density at radius 3 is 3.05 bits per heavy atom. The second kappa shape index (κ2) is 5.03. The van der Waals surface area contributed by atoms with Crippen molar-refractivity contribution in [1.82, 2.24) is 14.9 Å². The van der Waals surface area contributed by atoms with Crippen molar-refractivity contribution in [3.8, 4) is 0 Å². The lowest BCUT2D eigenvalue weighted by Crippen LogP contribution is -2.35. The third kappa shape index (κ3) is 2.56. The summed E-state index contributed by atoms with van der Waals surface area (Å²) >= 11 is 6.78. The molecule has 2 aromatic rings. The van der Waals surface area contributed by atoms with E-state index < -0.39 is 0 Å². The molecule has 0 aromatic carbocycles. The van der Waals surface area contributed by atoms with Crippen LogP contribution in [0.5, 0.6) is 0 Å². The van der Waals surface area contributed by atoms with Crippen LogP contribution in [-0.4, -0.2) is 21.4 Å². The number of H-pyrrole nitrogens is 2. The van der Waals surface area contributed by atoms with Crippen LogP contribution in [0, 0.1) is 11.7 Å². The van der Waals surface area contributed by atoms with Crippen LogP contribution in [-0.2, 0) is 19.5 Å². The molecule has 0 saturated heterocycles. The Labute approximate surface area is 120 Å². The number of rotatable bonds is 2. The number of hydrogen-bond acceptors (Lipinski definition) is 4. The quantitative estimate of drug-likeness (QED) is 0.836. The zero-order valence-corrected chi connectivity index (χ0v) is 12.3. The summed E-state index contributed by atoms with van der Waals surface area (Å²) < 4.78 is 0.423. The van der Waals surface area contributed by atoms with E-state index in [1.807, 2.05) is 0 Å². The zero-order chi connectivity index (χ0) is 13.4. The van der Waals surface area contributed by atoms with Crippen molar-refractivity contribution in [2.24, 2.45) is 0 Å². The van der Waals surface area contributed by atoms with E-state index in [2.05, 4.69) is 33.2 Å². The van der Waals surface area contributed by atoms with Gasteiger partial charge in [0.15, 0.2) is 4.77 Å². The van der Waals surface area contributed by atoms with E-state index >= 15 is 0 Å². The van der Waals surface area contributed by atoms with Gasteiger partial charge in [0, 0.05) is 36.6 Å². The second-order valence-corrected chi connectivity index (χ2v) is 6.26. The number of fused-ring (bicyclic) bond motifs is 1. The smallest absolute Gasteiger partial charge is 0.256 e. The molecule has 0 amide bonds. The minimum absolute atomic E-state index is 0.0497. The summed E-state index contributed by atoms with van der Waals surface area (Å²) in [5, 5.41) is 2.12. The Hall–Kier alpha value is -1.24. The lowest BCUT2D eigenvalue weighted by Gasteiger charge is -2.27. The van der Waals surface area contributed by atoms with Gasteiger partial charge >= 0.3 is 0 Å². The molecule has 1 aliphatic heterocycles. The summed E-state index contributed by atoms with van der Waals surface area (Å²) in [6, 6.07) is 2.14. The molecule has 0 unspecified atom stereocenters. The van der Waals surface area contributed by atoms with Crippen molar-refractivity contribution in [1.29, 1.82) is 0 Å². The van der Waals surface area contributed by atoms with Crippen molar-refractivity contribution in [3.05, 3.63) is 48.3 Å². The van der Waals surface area contributed by atoms with Gasteiger partial charge in [0.1, 0.15) is 0 Å². The van der Waals surface area contributed by atoms with E-state index in [4.69, 9.17) is 12.2 Å². The Morgan fingerprint density at radius 1 is 1.47 bits per heavy atom. The van der Waals surface area contributed by atoms with Gasteiger partial charge in [0.05, 0.1) is 5.56 Å². The van der Waals surface area contributed by atoms with Crippen molar-refractivity contribution in [2.45, 2.75) is 26.4 Å². The van der Waals surface area contributed by atoms with Crippen LogP contribution in [0.4, 0.5) is 0 Å². The molecule has 1 aliphatic rings. The van der Waals surface area contributed by atoms with Gasteiger partial charge in [-0.2, -0.15) is 0 Å². The van der Waals surface area contributed by atoms with E-state index in [0.29, 0.717) is 11.3 Å². The number of hydrogen-bond donors (Lipinski definition) is 2. The molecule has 0 atom stereocenters. The number of aromatic nitrogens is 2. The molecular formula is C13H15N3OS2. The normalized spacial score (nSPS) is 15.4. The van der Waals surface area contributed by atoms with E-state index in [0.717, 1.165) is 30.8 Å². The molecule has 0 fully saturated rings. The van der Waals surface area contributed by atoms with Crippen molar-refractivity contribution < 1.29 is 0 Å². The highest BCUT2D eigenvalue weighted by Crippen LogP contribution is 2.21. The van der Waals surface area contributed by atoms with Crippen LogP contribution in [0.15, 0.2) is 16.2 Å². The van der Waals surface area contributed by atoms with Gasteiger partial charge in [-0.25, -0.2) is 0 Å². The highest BCUT2D eigenvalue weighted by atomic mass is 32.1. The predicted octanol–water partition coefficient (Wildman–Crippen LogP) is 2.36. The molecular weight excluding hydrogens is 278 g/mol. The van der Waals surface area contributed by atoms with Gasteiger partial charge in [-0.05, 0) is 36.2 Å². The number of nitrogens with one attached hydrogen (secondary N) is 2. The van der Waals surface area contributed by atoms with Crippen molar-refractivity contribution in [3.63, 3.8) is 0 Å². The first-order chi connectivity index (χ1) is 9.13. The molecule has 3 heterocycles. The van der Waals surface area contributed by atoms with Crippen LogP contribution in [0.25, 0.3) is 0 Å². The predicted molar refractivity (Wildman–Crippen MR) is 79.1 cm³/mol. The molecule has 19 heavy (non-hydrogen) atoms. The molecule has 0 saturated carbocycles. The first-order valence-electron chi connectivity index (χ1n) is 6.23. The van der Waals surface area contributed by atoms with Gasteiger partial charge in [0.25, 0.3) is 5.56 Å². The fourth-order valence-electron chi connectivity index (χ4n) is 2.42. The zero-order valence-electron chi connectivity index (χ0n) is 10.7. The molecule has 4 nitrogen and oxygen atoms in total. The first-order valence-corrected chi connectivity index (χ1v) is 7.52. The maximum atomic E-state index is 11.9. The molecule has 3 rings (SSSR count). The van der Waals surface area contributed by atoms with Crippen LogP contribution >= 0.6 is 23.6 Å². The largest absolute Gasteiger partial charge is 0.335 e. The molecule has 2 aromatic heterocycles. The summed E-state index contributed by atoms with van der Waals surface area (Å²) in [6.45, 7) is 4.69. The Morgan fingerprint density at radius 2 is 2.32 bits per heavy atom. The number of nitrogens with zero attached hydrogens (tertiary/aromatic N) is 1. The number of thiophene rings is 1. The summed E-state index contributed by atoms with van der Waals surface area (Å²) in [4.78, 5) is 21.4. The third-order valence-corrected chi connectivity index (χ3v) is 4.74. The Balaban J connectivity index is 1.85. The SMILES string of the molecule is Cc1ccsc1CN1CCc2[nH]c(=S)[nH]c(=O)c2C1. The Bertz CT molecular complexity index is 713. The molecule has 0 aliphatic carbocycles. The summed E-state index contributed by atoms with van der Waals surface area (Å²) in [6.07, 6.45) is 0.854.